The smallest absolute Gasteiger partial charge is 0.542 e. The largest absolute Gasteiger partial charge is 1.00 e. The Hall–Kier alpha value is -3.49. The Kier molecular flexibility index (Phi) is 86.7. The maximum atomic E-state index is 12.5. The number of Topliss-reactive ketones (excluding diaryl/α,β-unsaturated/α-hetero) is 2. The number of rotatable bonds is 32. The number of hydrogen-bond acceptors (Lipinski definition) is 22. The topological polar surface area (TPSA) is 288 Å². The number of aliphatic hydroxyl groups excluding tert-OH is 3. The van der Waals surface area contributed by atoms with Crippen molar-refractivity contribution in [3.63, 3.8) is 0 Å². The number of alkyl halides is 12. The summed E-state index contributed by atoms with van der Waals surface area (Å²) in [5.74, 6) is -7.04. The standard InChI is InChI=1S/C8H11F7N2O2.C8H11F3O3.C6H11F4N3O3.C5H8Cl2O.C5H10F4N2O2.C3H4Cl2O.C2HF3O2.C2H4.CH4O.CH4.F2HN.Na/c1-2-3-7(16(12)13,17(14)15)4-5-19-6(18)8(9,10)11;1-2-3-6(12)4-5-14-7(13)8(9,10)11;1-2-3-6(11(7)8,12(9)10)4-5-16-13(14)15;6-3-1-5(8)2-4-7;6-10(7)5(1-3-12,2-4-13)11(8)9;4-2-1-3(5)6;3-2(4,5)1(6)7;2*1-2;;1-3-2;/h2-5H2,1H3;2-5H2,1H3;2-5H2,1H3;1-4H2;12-13H,1-4H2;1-2H2;(H,6,7);1-2H2;2H,1H3;1H4;3H;/q;;;;;;;;;;;+1/p-1. The van der Waals surface area contributed by atoms with Gasteiger partial charge in [0.2, 0.25) is 5.24 Å². The quantitative estimate of drug-likeness (QED) is 0.00468. The van der Waals surface area contributed by atoms with Gasteiger partial charge in [0.15, 0.2) is 17.0 Å². The summed E-state index contributed by atoms with van der Waals surface area (Å²) < 4.78 is 276. The molecule has 92 heavy (non-hydrogen) atoms. The Morgan fingerprint density at radius 2 is 0.761 bits per heavy atom. The molecule has 51 heteroatoms. The van der Waals surface area contributed by atoms with E-state index in [0.29, 0.717) is 43.3 Å². The average molecular weight is 1510 g/mol. The van der Waals surface area contributed by atoms with Gasteiger partial charge in [0.25, 0.3) is 5.09 Å². The number of carbonyl (C=O) groups excluding carboxylic acids is 6. The van der Waals surface area contributed by atoms with Crippen molar-refractivity contribution in [3.8, 4) is 0 Å². The summed E-state index contributed by atoms with van der Waals surface area (Å²) in [6.45, 7) is 6.36. The van der Waals surface area contributed by atoms with Gasteiger partial charge in [0.1, 0.15) is 17.5 Å². The van der Waals surface area contributed by atoms with Crippen molar-refractivity contribution in [1.82, 2.24) is 37.8 Å². The number of aliphatic hydroxyl groups is 3. The molecule has 0 aliphatic rings. The Labute approximate surface area is 551 Å². The molecule has 0 amide bonds. The fourth-order valence-electron chi connectivity index (χ4n) is 4.55. The number of carboxylic acid groups (broad SMARTS) is 1. The van der Waals surface area contributed by atoms with Gasteiger partial charge in [-0.3, -0.25) is 14.4 Å². The third kappa shape index (κ3) is 65.2. The van der Waals surface area contributed by atoms with Crippen LogP contribution in [-0.2, 0) is 43.1 Å². The molecule has 0 unspecified atom stereocenters. The fraction of sp³-hybridized carbons (Fsp3) is 0.805. The molecule has 23 nitrogen and oxygen atoms in total. The van der Waals surface area contributed by atoms with Crippen molar-refractivity contribution in [1.29, 1.82) is 0 Å². The van der Waals surface area contributed by atoms with Crippen LogP contribution in [-0.4, -0.2) is 180 Å². The number of aliphatic carboxylic acids is 1. The van der Waals surface area contributed by atoms with Crippen LogP contribution in [0.25, 0.3) is 0 Å². The van der Waals surface area contributed by atoms with Crippen LogP contribution in [0.2, 0.25) is 0 Å². The Balaban J connectivity index is -0.0000000815. The molecule has 0 aliphatic carbocycles. The monoisotopic (exact) mass is 1510 g/mol. The normalized spacial score (nSPS) is 10.9. The first-order chi connectivity index (χ1) is 41.3. The van der Waals surface area contributed by atoms with Gasteiger partial charge in [0.05, 0.1) is 19.8 Å². The molecule has 0 radical (unpaired) electrons. The number of halogens is 27. The number of carbonyl (C=O) groups is 6. The predicted molar refractivity (Wildman–Crippen MR) is 271 cm³/mol. The first-order valence-corrected chi connectivity index (χ1v) is 25.5. The van der Waals surface area contributed by atoms with Gasteiger partial charge in [-0.15, -0.1) is 67.0 Å². The van der Waals surface area contributed by atoms with Crippen LogP contribution in [0.5, 0.6) is 0 Å². The number of ketones is 2. The van der Waals surface area contributed by atoms with Gasteiger partial charge in [-0.05, 0) is 30.9 Å². The summed E-state index contributed by atoms with van der Waals surface area (Å²) in [6, 6.07) is 0. The number of nitrogens with one attached hydrogen (secondary N) is 1. The molecule has 0 aromatic heterocycles. The minimum absolute atomic E-state index is 0. The molecule has 0 bridgehead atoms. The predicted octanol–water partition coefficient (Wildman–Crippen LogP) is 8.67. The van der Waals surface area contributed by atoms with E-state index >= 15 is 0 Å². The Morgan fingerprint density at radius 1 is 0.500 bits per heavy atom. The molecule has 0 saturated carbocycles. The second-order valence-corrected chi connectivity index (χ2v) is 16.3. The van der Waals surface area contributed by atoms with E-state index in [4.69, 9.17) is 71.6 Å². The van der Waals surface area contributed by atoms with Crippen LogP contribution in [0, 0.1) is 10.1 Å². The molecule has 0 spiro atoms. The molecule has 4 N–H and O–H groups in total. The molecule has 0 heterocycles. The Morgan fingerprint density at radius 3 is 0.957 bits per heavy atom. The van der Waals surface area contributed by atoms with Crippen LogP contribution in [0.1, 0.15) is 118 Å². The molecule has 0 aromatic rings. The van der Waals surface area contributed by atoms with Gasteiger partial charge in [-0.1, -0.05) is 94.8 Å². The second-order valence-electron chi connectivity index (χ2n) is 14.7. The van der Waals surface area contributed by atoms with Crippen molar-refractivity contribution in [3.05, 3.63) is 23.3 Å². The van der Waals surface area contributed by atoms with E-state index in [0.717, 1.165) is 7.11 Å². The van der Waals surface area contributed by atoms with E-state index in [1.165, 1.54) is 13.8 Å². The number of ether oxygens (including phenoxy) is 2. The van der Waals surface area contributed by atoms with Crippen LogP contribution in [0.4, 0.5) is 102 Å². The average Bonchev–Trinajstić information content (AvgIpc) is 1.04. The van der Waals surface area contributed by atoms with Gasteiger partial charge < -0.3 is 39.5 Å². The fourth-order valence-corrected chi connectivity index (χ4v) is 5.33. The van der Waals surface area contributed by atoms with Gasteiger partial charge in [-0.2, -0.15) is 39.5 Å². The molecular weight excluding hydrogens is 1450 g/mol. The molecule has 0 aliphatic heterocycles. The van der Waals surface area contributed by atoms with Crippen LogP contribution < -0.4 is 40.4 Å². The van der Waals surface area contributed by atoms with E-state index < -0.39 is 162 Å². The van der Waals surface area contributed by atoms with Crippen LogP contribution in [0.3, 0.4) is 0 Å². The number of carboxylic acids is 1. The number of hydrogen-bond donors (Lipinski definition) is 4. The van der Waals surface area contributed by atoms with Crippen molar-refractivity contribution in [2.75, 3.05) is 57.8 Å². The summed E-state index contributed by atoms with van der Waals surface area (Å²) >= 11 is 20.5. The number of nitrogens with zero attached hydrogens (tertiary/aromatic N) is 7. The van der Waals surface area contributed by atoms with Crippen LogP contribution >= 0.6 is 46.4 Å². The molecule has 0 aromatic carbocycles. The van der Waals surface area contributed by atoms with E-state index in [1.54, 1.807) is 6.92 Å². The van der Waals surface area contributed by atoms with E-state index in [-0.39, 0.29) is 85.2 Å². The van der Waals surface area contributed by atoms with Crippen molar-refractivity contribution >= 4 is 81.1 Å². The third-order valence-electron chi connectivity index (χ3n) is 8.52. The number of esters is 2. The zero-order valence-electron chi connectivity index (χ0n) is 48.0. The van der Waals surface area contributed by atoms with E-state index in [9.17, 15) is 136 Å². The summed E-state index contributed by atoms with van der Waals surface area (Å²) in [7, 11) is 1.00. The minimum Gasteiger partial charge on any atom is -0.542 e. The minimum atomic E-state index is -5.30. The van der Waals surface area contributed by atoms with Crippen molar-refractivity contribution < 1.29 is 200 Å². The maximum Gasteiger partial charge on any atom is 1.00 e. The molecule has 0 atom stereocenters. The summed E-state index contributed by atoms with van der Waals surface area (Å²) in [6.07, 6.45) is -18.6. The SMILES string of the molecule is C.C=C.CCCC(=O)CCOC(=O)C(F)(F)F.CCCC(CCOC(=O)C(F)(F)F)(N(F)F)N(F)F.CCCC(CCO[N+](=O)[O-])(N(F)F)N(F)F.CO.FNF.O=C(CCCl)CCCl.O=C(Cl)CCCl.O=C([O-])C(F)(F)F.OCCC(CCO)(N(F)F)N(F)F.[Na+]. The van der Waals surface area contributed by atoms with Gasteiger partial charge >= 0.3 is 60.0 Å². The third-order valence-corrected chi connectivity index (χ3v) is 9.28. The van der Waals surface area contributed by atoms with Gasteiger partial charge in [-0.25, -0.2) is 9.59 Å². The molecule has 552 valence electrons. The molecular formula is C41H68Cl4F23N8NaO15. The molecule has 0 saturated heterocycles. The summed E-state index contributed by atoms with van der Waals surface area (Å²) in [4.78, 5) is 73.7. The van der Waals surface area contributed by atoms with Crippen molar-refractivity contribution in [2.45, 2.75) is 154 Å². The zero-order valence-corrected chi connectivity index (χ0v) is 53.1. The maximum absolute atomic E-state index is 12.5. The first-order valence-electron chi connectivity index (χ1n) is 23.5. The molecule has 0 fully saturated rings. The second kappa shape index (κ2) is 68.9. The van der Waals surface area contributed by atoms with E-state index in [1.807, 2.05) is 0 Å². The summed E-state index contributed by atoms with van der Waals surface area (Å²) in [5, 5.41) is 30.3. The van der Waals surface area contributed by atoms with Crippen molar-refractivity contribution in [2.24, 2.45) is 0 Å². The van der Waals surface area contributed by atoms with Gasteiger partial charge in [0, 0.05) is 134 Å². The van der Waals surface area contributed by atoms with Crippen LogP contribution in [0.15, 0.2) is 13.2 Å². The van der Waals surface area contributed by atoms with E-state index in [2.05, 4.69) is 27.5 Å². The molecule has 0 rings (SSSR count). The first kappa shape index (κ1) is 116. The summed E-state index contributed by atoms with van der Waals surface area (Å²) in [5.41, 5.74) is -8.82. The Bertz CT molecular complexity index is 1780. The zero-order chi connectivity index (χ0) is 73.9.